The van der Waals surface area contributed by atoms with E-state index in [1.807, 2.05) is 12.1 Å². The number of nitrogens with one attached hydrogen (secondary N) is 1. The fourth-order valence-electron chi connectivity index (χ4n) is 2.28. The lowest BCUT2D eigenvalue weighted by Gasteiger charge is -2.23. The number of hydrogen-bond acceptors (Lipinski definition) is 3. The zero-order valence-electron chi connectivity index (χ0n) is 9.73. The third kappa shape index (κ3) is 2.19. The normalized spacial score (nSPS) is 15.4. The first-order chi connectivity index (χ1) is 8.43. The summed E-state index contributed by atoms with van der Waals surface area (Å²) in [6, 6.07) is 12.5. The predicted octanol–water partition coefficient (Wildman–Crippen LogP) is 2.39. The predicted molar refractivity (Wildman–Crippen MR) is 67.9 cm³/mol. The van der Waals surface area contributed by atoms with E-state index in [4.69, 9.17) is 4.42 Å². The van der Waals surface area contributed by atoms with E-state index in [1.165, 1.54) is 11.3 Å². The molecule has 1 aromatic carbocycles. The minimum atomic E-state index is 0.839. The van der Waals surface area contributed by atoms with Crippen LogP contribution in [-0.2, 0) is 13.1 Å². The summed E-state index contributed by atoms with van der Waals surface area (Å²) in [7, 11) is 0. The summed E-state index contributed by atoms with van der Waals surface area (Å²) in [6.07, 6.45) is 1.73. The molecule has 88 valence electrons. The molecule has 2 aromatic rings. The third-order valence-corrected chi connectivity index (χ3v) is 3.13. The second-order valence-electron chi connectivity index (χ2n) is 4.31. The second-order valence-corrected chi connectivity index (χ2v) is 4.31. The molecule has 3 rings (SSSR count). The van der Waals surface area contributed by atoms with Gasteiger partial charge in [0.15, 0.2) is 0 Å². The number of nitrogens with zero attached hydrogens (tertiary/aromatic N) is 1. The maximum Gasteiger partial charge on any atom is 0.123 e. The first-order valence-electron chi connectivity index (χ1n) is 5.99. The van der Waals surface area contributed by atoms with Gasteiger partial charge in [0, 0.05) is 25.3 Å². The Morgan fingerprint density at radius 1 is 1.18 bits per heavy atom. The quantitative estimate of drug-likeness (QED) is 0.855. The van der Waals surface area contributed by atoms with Gasteiger partial charge in [-0.15, -0.1) is 0 Å². The van der Waals surface area contributed by atoms with Crippen LogP contribution in [0.5, 0.6) is 0 Å². The van der Waals surface area contributed by atoms with Crippen LogP contribution < -0.4 is 10.2 Å². The van der Waals surface area contributed by atoms with Crippen LogP contribution in [-0.4, -0.2) is 13.1 Å². The minimum absolute atomic E-state index is 0.839. The van der Waals surface area contributed by atoms with Crippen LogP contribution in [0.15, 0.2) is 47.1 Å². The van der Waals surface area contributed by atoms with Crippen molar-refractivity contribution >= 4 is 5.69 Å². The van der Waals surface area contributed by atoms with Crippen molar-refractivity contribution in [3.05, 3.63) is 54.0 Å². The topological polar surface area (TPSA) is 28.4 Å². The number of furan rings is 1. The molecule has 0 bridgehead atoms. The molecule has 0 unspecified atom stereocenters. The molecular formula is C14H16N2O. The van der Waals surface area contributed by atoms with Crippen molar-refractivity contribution < 1.29 is 4.42 Å². The van der Waals surface area contributed by atoms with Gasteiger partial charge in [0.1, 0.15) is 5.76 Å². The summed E-state index contributed by atoms with van der Waals surface area (Å²) < 4.78 is 5.43. The van der Waals surface area contributed by atoms with Gasteiger partial charge in [0.2, 0.25) is 0 Å². The van der Waals surface area contributed by atoms with Gasteiger partial charge >= 0.3 is 0 Å². The highest BCUT2D eigenvalue weighted by Gasteiger charge is 2.15. The van der Waals surface area contributed by atoms with E-state index in [1.54, 1.807) is 6.26 Å². The maximum atomic E-state index is 5.43. The molecule has 0 aliphatic carbocycles. The summed E-state index contributed by atoms with van der Waals surface area (Å²) >= 11 is 0. The van der Waals surface area contributed by atoms with E-state index >= 15 is 0 Å². The largest absolute Gasteiger partial charge is 0.467 e. The molecule has 3 heteroatoms. The fraction of sp³-hybridized carbons (Fsp3) is 0.286. The molecule has 3 nitrogen and oxygen atoms in total. The summed E-state index contributed by atoms with van der Waals surface area (Å²) in [6.45, 7) is 3.81. The number of benzene rings is 1. The molecule has 1 aromatic heterocycles. The molecule has 0 spiro atoms. The van der Waals surface area contributed by atoms with Gasteiger partial charge in [-0.1, -0.05) is 18.2 Å². The first kappa shape index (κ1) is 10.4. The summed E-state index contributed by atoms with van der Waals surface area (Å²) in [5.41, 5.74) is 2.67. The molecule has 1 aliphatic rings. The van der Waals surface area contributed by atoms with Gasteiger partial charge in [0.05, 0.1) is 12.8 Å². The van der Waals surface area contributed by atoms with Crippen molar-refractivity contribution in [2.24, 2.45) is 0 Å². The van der Waals surface area contributed by atoms with E-state index < -0.39 is 0 Å². The van der Waals surface area contributed by atoms with E-state index in [0.29, 0.717) is 0 Å². The van der Waals surface area contributed by atoms with Crippen molar-refractivity contribution in [3.8, 4) is 0 Å². The third-order valence-electron chi connectivity index (χ3n) is 3.13. The van der Waals surface area contributed by atoms with Gasteiger partial charge in [-0.3, -0.25) is 0 Å². The monoisotopic (exact) mass is 228 g/mol. The average Bonchev–Trinajstić information content (AvgIpc) is 2.78. The maximum absolute atomic E-state index is 5.43. The second kappa shape index (κ2) is 4.63. The molecule has 0 saturated carbocycles. The highest BCUT2D eigenvalue weighted by atomic mass is 16.3. The van der Waals surface area contributed by atoms with Crippen LogP contribution in [0.25, 0.3) is 0 Å². The van der Waals surface area contributed by atoms with Crippen LogP contribution in [0.4, 0.5) is 5.69 Å². The van der Waals surface area contributed by atoms with Crippen molar-refractivity contribution in [2.75, 3.05) is 18.0 Å². The fourth-order valence-corrected chi connectivity index (χ4v) is 2.28. The van der Waals surface area contributed by atoms with Gasteiger partial charge in [-0.25, -0.2) is 0 Å². The smallest absolute Gasteiger partial charge is 0.123 e. The van der Waals surface area contributed by atoms with Gasteiger partial charge in [-0.05, 0) is 23.8 Å². The van der Waals surface area contributed by atoms with Crippen molar-refractivity contribution in [3.63, 3.8) is 0 Å². The molecular weight excluding hydrogens is 212 g/mol. The Kier molecular flexibility index (Phi) is 2.84. The molecule has 1 aliphatic heterocycles. The molecule has 0 atom stereocenters. The Morgan fingerprint density at radius 3 is 3.00 bits per heavy atom. The molecule has 0 fully saturated rings. The summed E-state index contributed by atoms with van der Waals surface area (Å²) in [5, 5.41) is 3.44. The molecule has 0 saturated heterocycles. The summed E-state index contributed by atoms with van der Waals surface area (Å²) in [5.74, 6) is 1.02. The Hall–Kier alpha value is -1.74. The van der Waals surface area contributed by atoms with Gasteiger partial charge < -0.3 is 14.6 Å². The van der Waals surface area contributed by atoms with E-state index in [-0.39, 0.29) is 0 Å². The minimum Gasteiger partial charge on any atom is -0.467 e. The Bertz CT molecular complexity index is 479. The Morgan fingerprint density at radius 2 is 2.12 bits per heavy atom. The molecule has 1 N–H and O–H groups in total. The molecule has 0 amide bonds. The SMILES string of the molecule is c1coc(CN2CCNCc3ccccc32)c1. The van der Waals surface area contributed by atoms with E-state index in [9.17, 15) is 0 Å². The standard InChI is InChI=1S/C14H16N2O/c1-2-6-14-12(4-1)10-15-7-8-16(14)11-13-5-3-9-17-13/h1-6,9,15H,7-8,10-11H2. The van der Waals surface area contributed by atoms with Gasteiger partial charge in [-0.2, -0.15) is 0 Å². The van der Waals surface area contributed by atoms with Crippen molar-refractivity contribution in [1.29, 1.82) is 0 Å². The van der Waals surface area contributed by atoms with Crippen molar-refractivity contribution in [1.82, 2.24) is 5.32 Å². The molecule has 2 heterocycles. The number of anilines is 1. The van der Waals surface area contributed by atoms with Crippen LogP contribution >= 0.6 is 0 Å². The van der Waals surface area contributed by atoms with Crippen LogP contribution in [0, 0.1) is 0 Å². The highest BCUT2D eigenvalue weighted by Crippen LogP contribution is 2.23. The van der Waals surface area contributed by atoms with Crippen LogP contribution in [0.2, 0.25) is 0 Å². The Balaban J connectivity index is 1.89. The average molecular weight is 228 g/mol. The van der Waals surface area contributed by atoms with Crippen LogP contribution in [0.3, 0.4) is 0 Å². The number of para-hydroxylation sites is 1. The van der Waals surface area contributed by atoms with E-state index in [2.05, 4.69) is 34.5 Å². The lowest BCUT2D eigenvalue weighted by atomic mass is 10.1. The highest BCUT2D eigenvalue weighted by molar-refractivity contribution is 5.54. The number of hydrogen-bond donors (Lipinski definition) is 1. The Labute approximate surface area is 101 Å². The first-order valence-corrected chi connectivity index (χ1v) is 5.99. The molecule has 0 radical (unpaired) electrons. The lowest BCUT2D eigenvalue weighted by molar-refractivity contribution is 0.501. The zero-order chi connectivity index (χ0) is 11.5. The summed E-state index contributed by atoms with van der Waals surface area (Å²) in [4.78, 5) is 2.37. The van der Waals surface area contributed by atoms with Crippen molar-refractivity contribution in [2.45, 2.75) is 13.1 Å². The molecule has 17 heavy (non-hydrogen) atoms. The van der Waals surface area contributed by atoms with E-state index in [0.717, 1.165) is 31.9 Å². The van der Waals surface area contributed by atoms with Crippen LogP contribution in [0.1, 0.15) is 11.3 Å². The number of rotatable bonds is 2. The number of fused-ring (bicyclic) bond motifs is 1. The lowest BCUT2D eigenvalue weighted by Crippen LogP contribution is -2.28. The van der Waals surface area contributed by atoms with Gasteiger partial charge in [0.25, 0.3) is 0 Å². The zero-order valence-corrected chi connectivity index (χ0v) is 9.73.